The predicted octanol–water partition coefficient (Wildman–Crippen LogP) is 4.85. The van der Waals surface area contributed by atoms with Crippen LogP contribution in [0.15, 0.2) is 34.8 Å². The number of halogens is 4. The first-order valence-electron chi connectivity index (χ1n) is 5.17. The maximum atomic E-state index is 12.7. The number of allylic oxidation sites excluding steroid dienone is 1. The van der Waals surface area contributed by atoms with Gasteiger partial charge in [-0.25, -0.2) is 0 Å². The molecule has 1 rings (SSSR count). The van der Waals surface area contributed by atoms with E-state index in [-0.39, 0.29) is 5.69 Å². The van der Waals surface area contributed by atoms with Gasteiger partial charge >= 0.3 is 6.18 Å². The van der Waals surface area contributed by atoms with Gasteiger partial charge in [0.2, 0.25) is 0 Å². The Hall–Kier alpha value is -0.970. The van der Waals surface area contributed by atoms with Gasteiger partial charge in [0.1, 0.15) is 0 Å². The summed E-state index contributed by atoms with van der Waals surface area (Å²) in [7, 11) is 0. The van der Waals surface area contributed by atoms with E-state index in [0.29, 0.717) is 17.4 Å². The Kier molecular flexibility index (Phi) is 5.05. The lowest BCUT2D eigenvalue weighted by atomic mass is 10.1. The van der Waals surface area contributed by atoms with Crippen LogP contribution in [0.3, 0.4) is 0 Å². The van der Waals surface area contributed by atoms with Gasteiger partial charge in [0.25, 0.3) is 0 Å². The fraction of sp³-hybridized carbons (Fsp3) is 0.333. The minimum Gasteiger partial charge on any atom is -0.384 e. The van der Waals surface area contributed by atoms with E-state index in [9.17, 15) is 13.2 Å². The molecule has 0 unspecified atom stereocenters. The van der Waals surface area contributed by atoms with Crippen molar-refractivity contribution in [3.63, 3.8) is 0 Å². The fourth-order valence-electron chi connectivity index (χ4n) is 1.36. The molecular weight excluding hydrogens is 295 g/mol. The van der Waals surface area contributed by atoms with E-state index in [1.807, 2.05) is 19.1 Å². The average Bonchev–Trinajstić information content (AvgIpc) is 2.25. The van der Waals surface area contributed by atoms with Gasteiger partial charge in [0.05, 0.1) is 5.56 Å². The average molecular weight is 308 g/mol. The van der Waals surface area contributed by atoms with Crippen LogP contribution in [0.5, 0.6) is 0 Å². The second-order valence-electron chi connectivity index (χ2n) is 3.47. The molecule has 0 saturated carbocycles. The summed E-state index contributed by atoms with van der Waals surface area (Å²) < 4.78 is 38.6. The van der Waals surface area contributed by atoms with E-state index in [1.165, 1.54) is 6.07 Å². The zero-order valence-corrected chi connectivity index (χ0v) is 10.9. The lowest BCUT2D eigenvalue weighted by Gasteiger charge is -2.14. The van der Waals surface area contributed by atoms with Gasteiger partial charge in [-0.15, -0.1) is 0 Å². The van der Waals surface area contributed by atoms with Crippen LogP contribution in [0.25, 0.3) is 0 Å². The van der Waals surface area contributed by atoms with Crippen molar-refractivity contribution in [1.82, 2.24) is 0 Å². The van der Waals surface area contributed by atoms with E-state index in [2.05, 4.69) is 21.2 Å². The number of nitrogens with one attached hydrogen (secondary N) is 1. The Labute approximate surface area is 107 Å². The number of alkyl halides is 3. The molecule has 1 N–H and O–H groups in total. The third-order valence-electron chi connectivity index (χ3n) is 2.15. The van der Waals surface area contributed by atoms with Crippen LogP contribution in [0.2, 0.25) is 0 Å². The number of benzene rings is 1. The minimum atomic E-state index is -4.34. The largest absolute Gasteiger partial charge is 0.418 e. The zero-order chi connectivity index (χ0) is 12.9. The molecule has 0 aliphatic rings. The molecule has 0 spiro atoms. The molecule has 94 valence electrons. The van der Waals surface area contributed by atoms with Gasteiger partial charge in [-0.2, -0.15) is 13.2 Å². The van der Waals surface area contributed by atoms with Crippen LogP contribution in [0.1, 0.15) is 18.9 Å². The molecule has 0 fully saturated rings. The van der Waals surface area contributed by atoms with Crippen molar-refractivity contribution < 1.29 is 13.2 Å². The number of hydrogen-bond donors (Lipinski definition) is 1. The molecule has 1 aromatic carbocycles. The molecule has 0 aromatic heterocycles. The van der Waals surface area contributed by atoms with Gasteiger partial charge in [-0.3, -0.25) is 0 Å². The molecule has 0 saturated heterocycles. The normalized spacial score (nSPS) is 12.1. The molecular formula is C12H13BrF3N. The van der Waals surface area contributed by atoms with Crippen molar-refractivity contribution in [1.29, 1.82) is 0 Å². The summed E-state index contributed by atoms with van der Waals surface area (Å²) >= 11 is 3.04. The van der Waals surface area contributed by atoms with Crippen molar-refractivity contribution in [2.24, 2.45) is 0 Å². The zero-order valence-electron chi connectivity index (χ0n) is 9.31. The lowest BCUT2D eigenvalue weighted by molar-refractivity contribution is -0.137. The van der Waals surface area contributed by atoms with Gasteiger partial charge in [0, 0.05) is 16.7 Å². The Morgan fingerprint density at radius 3 is 2.65 bits per heavy atom. The van der Waals surface area contributed by atoms with E-state index >= 15 is 0 Å². The Balaban J connectivity index is 2.84. The molecule has 0 aliphatic carbocycles. The van der Waals surface area contributed by atoms with Gasteiger partial charge in [0.15, 0.2) is 0 Å². The van der Waals surface area contributed by atoms with Crippen molar-refractivity contribution in [3.8, 4) is 0 Å². The monoisotopic (exact) mass is 307 g/mol. The van der Waals surface area contributed by atoms with E-state index in [4.69, 9.17) is 0 Å². The molecule has 1 nitrogen and oxygen atoms in total. The summed E-state index contributed by atoms with van der Waals surface area (Å²) in [6, 6.07) is 4.10. The quantitative estimate of drug-likeness (QED) is 0.619. The Morgan fingerprint density at radius 2 is 2.06 bits per heavy atom. The van der Waals surface area contributed by atoms with Crippen LogP contribution < -0.4 is 5.32 Å². The van der Waals surface area contributed by atoms with Crippen LogP contribution >= 0.6 is 15.9 Å². The Bertz CT molecular complexity index is 399. The Morgan fingerprint density at radius 1 is 1.35 bits per heavy atom. The van der Waals surface area contributed by atoms with Crippen LogP contribution in [0, 0.1) is 0 Å². The van der Waals surface area contributed by atoms with Crippen LogP contribution in [-0.2, 0) is 6.18 Å². The van der Waals surface area contributed by atoms with Gasteiger partial charge < -0.3 is 5.32 Å². The first-order chi connectivity index (χ1) is 7.95. The molecule has 0 atom stereocenters. The van der Waals surface area contributed by atoms with Gasteiger partial charge in [-0.05, 0) is 31.5 Å². The molecule has 5 heteroatoms. The maximum Gasteiger partial charge on any atom is 0.418 e. The van der Waals surface area contributed by atoms with E-state index in [1.54, 1.807) is 6.07 Å². The summed E-state index contributed by atoms with van der Waals surface area (Å²) in [5.74, 6) is 0. The van der Waals surface area contributed by atoms with Gasteiger partial charge in [-0.1, -0.05) is 28.1 Å². The highest BCUT2D eigenvalue weighted by atomic mass is 79.9. The first kappa shape index (κ1) is 14.1. The number of rotatable bonds is 4. The van der Waals surface area contributed by atoms with E-state index in [0.717, 1.165) is 6.07 Å². The van der Waals surface area contributed by atoms with Crippen molar-refractivity contribution in [2.45, 2.75) is 19.5 Å². The SMILES string of the molecule is C/C=C/CCNc1ccc(Br)cc1C(F)(F)F. The third-order valence-corrected chi connectivity index (χ3v) is 2.64. The second kappa shape index (κ2) is 6.10. The van der Waals surface area contributed by atoms with Crippen molar-refractivity contribution in [2.75, 3.05) is 11.9 Å². The van der Waals surface area contributed by atoms with Crippen LogP contribution in [-0.4, -0.2) is 6.54 Å². The highest BCUT2D eigenvalue weighted by molar-refractivity contribution is 9.10. The topological polar surface area (TPSA) is 12.0 Å². The molecule has 17 heavy (non-hydrogen) atoms. The lowest BCUT2D eigenvalue weighted by Crippen LogP contribution is -2.11. The number of hydrogen-bond acceptors (Lipinski definition) is 1. The molecule has 0 amide bonds. The highest BCUT2D eigenvalue weighted by Crippen LogP contribution is 2.36. The predicted molar refractivity (Wildman–Crippen MR) is 67.1 cm³/mol. The van der Waals surface area contributed by atoms with Crippen LogP contribution in [0.4, 0.5) is 18.9 Å². The molecule has 0 aliphatic heterocycles. The summed E-state index contributed by atoms with van der Waals surface area (Å²) in [5, 5.41) is 2.79. The maximum absolute atomic E-state index is 12.7. The smallest absolute Gasteiger partial charge is 0.384 e. The molecule has 0 radical (unpaired) electrons. The fourth-order valence-corrected chi connectivity index (χ4v) is 1.72. The summed E-state index contributed by atoms with van der Waals surface area (Å²) in [4.78, 5) is 0. The summed E-state index contributed by atoms with van der Waals surface area (Å²) in [6.07, 6.45) is 0.129. The molecule has 0 heterocycles. The molecule has 1 aromatic rings. The van der Waals surface area contributed by atoms with E-state index < -0.39 is 11.7 Å². The highest BCUT2D eigenvalue weighted by Gasteiger charge is 2.33. The standard InChI is InChI=1S/C12H13BrF3N/c1-2-3-4-7-17-11-6-5-9(13)8-10(11)12(14,15)16/h2-3,5-6,8,17H,4,7H2,1H3/b3-2+. The third kappa shape index (κ3) is 4.42. The van der Waals surface area contributed by atoms with Crippen molar-refractivity contribution >= 4 is 21.6 Å². The summed E-state index contributed by atoms with van der Waals surface area (Å²) in [6.45, 7) is 2.36. The second-order valence-corrected chi connectivity index (χ2v) is 4.39. The first-order valence-corrected chi connectivity index (χ1v) is 5.96. The summed E-state index contributed by atoms with van der Waals surface area (Å²) in [5.41, 5.74) is -0.530. The molecule has 0 bridgehead atoms. The van der Waals surface area contributed by atoms with Crippen molar-refractivity contribution in [3.05, 3.63) is 40.4 Å². The number of anilines is 1. The minimum absolute atomic E-state index is 0.116.